The van der Waals surface area contributed by atoms with Crippen molar-refractivity contribution in [2.45, 2.75) is 12.8 Å². The first-order chi connectivity index (χ1) is 8.89. The first-order valence-corrected chi connectivity index (χ1v) is 8.42. The molecule has 1 heterocycles. The summed E-state index contributed by atoms with van der Waals surface area (Å²) in [6, 6.07) is 4.98. The molecule has 0 radical (unpaired) electrons. The van der Waals surface area contributed by atoms with Gasteiger partial charge in [0.05, 0.1) is 27.2 Å². The summed E-state index contributed by atoms with van der Waals surface area (Å²) in [6.07, 6.45) is 0.707. The van der Waals surface area contributed by atoms with Crippen LogP contribution in [0.15, 0.2) is 18.2 Å². The molecule has 1 aromatic rings. The van der Waals surface area contributed by atoms with Gasteiger partial charge in [-0.1, -0.05) is 29.3 Å². The number of hydrogen-bond donors (Lipinski definition) is 1. The number of carbonyl (C=O) groups excluding carboxylic acids is 1. The molecule has 2 rings (SSSR count). The van der Waals surface area contributed by atoms with Gasteiger partial charge in [-0.3, -0.25) is 4.79 Å². The second-order valence-electron chi connectivity index (χ2n) is 4.52. The Morgan fingerprint density at radius 1 is 1.21 bits per heavy atom. The van der Waals surface area contributed by atoms with Gasteiger partial charge in [-0.25, -0.2) is 8.42 Å². The van der Waals surface area contributed by atoms with Crippen LogP contribution in [-0.4, -0.2) is 25.8 Å². The van der Waals surface area contributed by atoms with Crippen molar-refractivity contribution in [3.05, 3.63) is 28.2 Å². The molecule has 1 N–H and O–H groups in total. The first kappa shape index (κ1) is 14.6. The fourth-order valence-electron chi connectivity index (χ4n) is 1.99. The lowest BCUT2D eigenvalue weighted by Gasteiger charge is -2.21. The van der Waals surface area contributed by atoms with E-state index in [-0.39, 0.29) is 23.3 Å². The van der Waals surface area contributed by atoms with E-state index in [0.717, 1.165) is 0 Å². The molecule has 1 fully saturated rings. The van der Waals surface area contributed by atoms with E-state index < -0.39 is 9.84 Å². The van der Waals surface area contributed by atoms with E-state index in [2.05, 4.69) is 5.32 Å². The van der Waals surface area contributed by atoms with Crippen molar-refractivity contribution in [2.24, 2.45) is 5.92 Å². The lowest BCUT2D eigenvalue weighted by Crippen LogP contribution is -2.31. The van der Waals surface area contributed by atoms with Gasteiger partial charge in [0.1, 0.15) is 9.84 Å². The van der Waals surface area contributed by atoms with E-state index in [1.807, 2.05) is 0 Å². The van der Waals surface area contributed by atoms with E-state index >= 15 is 0 Å². The van der Waals surface area contributed by atoms with Gasteiger partial charge in [0, 0.05) is 5.92 Å². The molecule has 7 heteroatoms. The van der Waals surface area contributed by atoms with Gasteiger partial charge in [-0.15, -0.1) is 0 Å². The lowest BCUT2D eigenvalue weighted by molar-refractivity contribution is -0.120. The van der Waals surface area contributed by atoms with Gasteiger partial charge in [0.2, 0.25) is 5.91 Å². The fourth-order valence-corrected chi connectivity index (χ4v) is 3.83. The van der Waals surface area contributed by atoms with Crippen LogP contribution in [-0.2, 0) is 14.6 Å². The number of benzene rings is 1. The van der Waals surface area contributed by atoms with Crippen molar-refractivity contribution in [2.75, 3.05) is 16.8 Å². The van der Waals surface area contributed by atoms with Crippen LogP contribution >= 0.6 is 23.2 Å². The SMILES string of the molecule is O=C(Nc1cccc(Cl)c1Cl)C1CCS(=O)(=O)CC1. The second kappa shape index (κ2) is 5.69. The first-order valence-electron chi connectivity index (χ1n) is 5.84. The number of halogens is 2. The Morgan fingerprint density at radius 3 is 2.47 bits per heavy atom. The quantitative estimate of drug-likeness (QED) is 0.911. The van der Waals surface area contributed by atoms with Crippen LogP contribution < -0.4 is 5.32 Å². The molecular weight excluding hydrogens is 309 g/mol. The summed E-state index contributed by atoms with van der Waals surface area (Å²) in [5.74, 6) is -0.374. The number of amides is 1. The smallest absolute Gasteiger partial charge is 0.227 e. The number of nitrogens with one attached hydrogen (secondary N) is 1. The van der Waals surface area contributed by atoms with Crippen molar-refractivity contribution < 1.29 is 13.2 Å². The Kier molecular flexibility index (Phi) is 4.38. The van der Waals surface area contributed by atoms with Crippen LogP contribution in [0.1, 0.15) is 12.8 Å². The highest BCUT2D eigenvalue weighted by Gasteiger charge is 2.28. The Labute approximate surface area is 122 Å². The van der Waals surface area contributed by atoms with Gasteiger partial charge < -0.3 is 5.32 Å². The molecule has 4 nitrogen and oxygen atoms in total. The molecule has 0 atom stereocenters. The molecule has 0 aliphatic carbocycles. The summed E-state index contributed by atoms with van der Waals surface area (Å²) in [7, 11) is -2.96. The van der Waals surface area contributed by atoms with Crippen molar-refractivity contribution in [1.82, 2.24) is 0 Å². The molecule has 0 spiro atoms. The third kappa shape index (κ3) is 3.61. The second-order valence-corrected chi connectivity index (χ2v) is 7.61. The molecule has 1 saturated heterocycles. The third-order valence-electron chi connectivity index (χ3n) is 3.13. The molecular formula is C12H13Cl2NO3S. The van der Waals surface area contributed by atoms with Crippen LogP contribution in [0.3, 0.4) is 0 Å². The molecule has 1 aliphatic heterocycles. The zero-order valence-electron chi connectivity index (χ0n) is 10.0. The standard InChI is InChI=1S/C12H13Cl2NO3S/c13-9-2-1-3-10(11(9)14)15-12(16)8-4-6-19(17,18)7-5-8/h1-3,8H,4-7H2,(H,15,16). The molecule has 0 aromatic heterocycles. The zero-order valence-corrected chi connectivity index (χ0v) is 12.4. The van der Waals surface area contributed by atoms with Crippen LogP contribution in [0.2, 0.25) is 10.0 Å². The van der Waals surface area contributed by atoms with Crippen molar-refractivity contribution in [1.29, 1.82) is 0 Å². The van der Waals surface area contributed by atoms with E-state index in [9.17, 15) is 13.2 Å². The fraction of sp³-hybridized carbons (Fsp3) is 0.417. The summed E-state index contributed by atoms with van der Waals surface area (Å²) in [5, 5.41) is 3.36. The highest BCUT2D eigenvalue weighted by Crippen LogP contribution is 2.30. The van der Waals surface area contributed by atoms with E-state index in [1.165, 1.54) is 0 Å². The van der Waals surface area contributed by atoms with E-state index in [4.69, 9.17) is 23.2 Å². The maximum atomic E-state index is 12.0. The monoisotopic (exact) mass is 321 g/mol. The molecule has 0 saturated carbocycles. The van der Waals surface area contributed by atoms with Gasteiger partial charge in [-0.2, -0.15) is 0 Å². The minimum atomic E-state index is -2.96. The molecule has 19 heavy (non-hydrogen) atoms. The van der Waals surface area contributed by atoms with E-state index in [0.29, 0.717) is 28.6 Å². The normalized spacial score (nSPS) is 19.1. The van der Waals surface area contributed by atoms with Crippen molar-refractivity contribution in [3.63, 3.8) is 0 Å². The maximum absolute atomic E-state index is 12.0. The number of anilines is 1. The molecule has 1 aliphatic rings. The van der Waals surface area contributed by atoms with Crippen molar-refractivity contribution >= 4 is 44.6 Å². The lowest BCUT2D eigenvalue weighted by atomic mass is 10.0. The molecule has 1 amide bonds. The Balaban J connectivity index is 2.04. The Hall–Kier alpha value is -0.780. The predicted molar refractivity (Wildman–Crippen MR) is 76.5 cm³/mol. The van der Waals surface area contributed by atoms with Gasteiger partial charge in [-0.05, 0) is 25.0 Å². The van der Waals surface area contributed by atoms with E-state index in [1.54, 1.807) is 18.2 Å². The molecule has 0 bridgehead atoms. The summed E-state index contributed by atoms with van der Waals surface area (Å²) in [4.78, 5) is 12.0. The van der Waals surface area contributed by atoms with Gasteiger partial charge in [0.25, 0.3) is 0 Å². The van der Waals surface area contributed by atoms with Crippen LogP contribution in [0.4, 0.5) is 5.69 Å². The highest BCUT2D eigenvalue weighted by molar-refractivity contribution is 7.91. The number of hydrogen-bond acceptors (Lipinski definition) is 3. The maximum Gasteiger partial charge on any atom is 0.227 e. The highest BCUT2D eigenvalue weighted by atomic mass is 35.5. The Morgan fingerprint density at radius 2 is 1.84 bits per heavy atom. The topological polar surface area (TPSA) is 63.2 Å². The number of rotatable bonds is 2. The molecule has 1 aromatic carbocycles. The summed E-state index contributed by atoms with van der Waals surface area (Å²) in [5.41, 5.74) is 0.451. The molecule has 104 valence electrons. The average Bonchev–Trinajstić information content (AvgIpc) is 2.35. The van der Waals surface area contributed by atoms with Crippen LogP contribution in [0, 0.1) is 5.92 Å². The number of sulfone groups is 1. The molecule has 0 unspecified atom stereocenters. The van der Waals surface area contributed by atoms with Gasteiger partial charge >= 0.3 is 0 Å². The van der Waals surface area contributed by atoms with Gasteiger partial charge in [0.15, 0.2) is 0 Å². The minimum absolute atomic E-state index is 0.0639. The largest absolute Gasteiger partial charge is 0.324 e. The summed E-state index contributed by atoms with van der Waals surface area (Å²) < 4.78 is 22.6. The van der Waals surface area contributed by atoms with Crippen LogP contribution in [0.25, 0.3) is 0 Å². The van der Waals surface area contributed by atoms with Crippen LogP contribution in [0.5, 0.6) is 0 Å². The summed E-state index contributed by atoms with van der Waals surface area (Å²) >= 11 is 11.8. The summed E-state index contributed by atoms with van der Waals surface area (Å²) in [6.45, 7) is 0. The zero-order chi connectivity index (χ0) is 14.0. The third-order valence-corrected chi connectivity index (χ3v) is 5.67. The Bertz CT molecular complexity index is 587. The van der Waals surface area contributed by atoms with Crippen molar-refractivity contribution in [3.8, 4) is 0 Å². The average molecular weight is 322 g/mol. The predicted octanol–water partition coefficient (Wildman–Crippen LogP) is 2.76. The minimum Gasteiger partial charge on any atom is -0.324 e. The number of carbonyl (C=O) groups is 1.